The minimum atomic E-state index is -0.549. The van der Waals surface area contributed by atoms with Crippen molar-refractivity contribution < 1.29 is 13.9 Å². The summed E-state index contributed by atoms with van der Waals surface area (Å²) in [4.78, 5) is 11.6. The lowest BCUT2D eigenvalue weighted by Gasteiger charge is -2.22. The number of alkyl carbamates (subject to hydrolysis) is 1. The van der Waals surface area contributed by atoms with E-state index in [0.717, 1.165) is 0 Å². The molecule has 5 heteroatoms. The third-order valence-corrected chi connectivity index (χ3v) is 2.58. The Balaban J connectivity index is 2.70. The minimum absolute atomic E-state index is 0.327. The van der Waals surface area contributed by atoms with E-state index in [1.165, 1.54) is 12.1 Å². The van der Waals surface area contributed by atoms with Gasteiger partial charge in [-0.3, -0.25) is 0 Å². The Hall–Kier alpha value is -1.10. The number of nitrogens with one attached hydrogen (secondary N) is 1. The number of benzene rings is 1. The van der Waals surface area contributed by atoms with Crippen molar-refractivity contribution in [1.82, 2.24) is 5.32 Å². The molecule has 0 spiro atoms. The quantitative estimate of drug-likeness (QED) is 0.888. The summed E-state index contributed by atoms with van der Waals surface area (Å²) >= 11 is 3.21. The first kappa shape index (κ1) is 15.0. The number of ether oxygens (including phenoxy) is 1. The maximum absolute atomic E-state index is 13.2. The highest BCUT2D eigenvalue weighted by Crippen LogP contribution is 2.20. The number of rotatable bonds is 2. The fourth-order valence-corrected chi connectivity index (χ4v) is 1.88. The number of amides is 1. The Labute approximate surface area is 115 Å². The highest BCUT2D eigenvalue weighted by Gasteiger charge is 2.18. The van der Waals surface area contributed by atoms with Gasteiger partial charge in [-0.15, -0.1) is 0 Å². The Morgan fingerprint density at radius 1 is 1.39 bits per heavy atom. The summed E-state index contributed by atoms with van der Waals surface area (Å²) in [5.41, 5.74) is 0.125. The molecule has 18 heavy (non-hydrogen) atoms. The predicted molar refractivity (Wildman–Crippen MR) is 71.9 cm³/mol. The molecule has 1 atom stereocenters. The Morgan fingerprint density at radius 3 is 2.50 bits per heavy atom. The maximum atomic E-state index is 13.2. The van der Waals surface area contributed by atoms with Gasteiger partial charge in [0.1, 0.15) is 11.4 Å². The van der Waals surface area contributed by atoms with Crippen LogP contribution in [0.15, 0.2) is 22.7 Å². The lowest BCUT2D eigenvalue weighted by atomic mass is 10.1. The van der Waals surface area contributed by atoms with Gasteiger partial charge in [-0.05, 0) is 51.5 Å². The fourth-order valence-electron chi connectivity index (χ4n) is 1.39. The monoisotopic (exact) mass is 317 g/mol. The molecule has 0 saturated heterocycles. The van der Waals surface area contributed by atoms with Crippen LogP contribution in [-0.4, -0.2) is 11.7 Å². The van der Waals surface area contributed by atoms with Gasteiger partial charge in [0.15, 0.2) is 0 Å². The Kier molecular flexibility index (Phi) is 4.73. The van der Waals surface area contributed by atoms with Crippen LogP contribution in [0.4, 0.5) is 9.18 Å². The van der Waals surface area contributed by atoms with E-state index in [2.05, 4.69) is 21.2 Å². The molecule has 0 unspecified atom stereocenters. The van der Waals surface area contributed by atoms with Crippen molar-refractivity contribution in [2.75, 3.05) is 0 Å². The zero-order chi connectivity index (χ0) is 13.9. The fraction of sp³-hybridized carbons (Fsp3) is 0.462. The molecule has 1 aromatic rings. The summed E-state index contributed by atoms with van der Waals surface area (Å²) in [5.74, 6) is -0.350. The summed E-state index contributed by atoms with van der Waals surface area (Å²) in [5, 5.41) is 2.66. The van der Waals surface area contributed by atoms with Gasteiger partial charge in [0.2, 0.25) is 0 Å². The van der Waals surface area contributed by atoms with Crippen LogP contribution in [0, 0.1) is 5.82 Å². The van der Waals surface area contributed by atoms with Gasteiger partial charge in [-0.25, -0.2) is 9.18 Å². The van der Waals surface area contributed by atoms with Crippen LogP contribution in [0.1, 0.15) is 39.3 Å². The molecule has 1 aromatic carbocycles. The molecule has 0 aliphatic rings. The molecule has 0 heterocycles. The molecule has 0 radical (unpaired) electrons. The van der Waals surface area contributed by atoms with E-state index in [1.807, 2.05) is 0 Å². The van der Waals surface area contributed by atoms with Crippen molar-refractivity contribution in [2.24, 2.45) is 0 Å². The van der Waals surface area contributed by atoms with E-state index in [0.29, 0.717) is 10.0 Å². The molecule has 0 saturated carbocycles. The maximum Gasteiger partial charge on any atom is 0.408 e. The smallest absolute Gasteiger partial charge is 0.408 e. The first-order chi connectivity index (χ1) is 8.17. The van der Waals surface area contributed by atoms with Crippen LogP contribution in [-0.2, 0) is 4.74 Å². The number of carbonyl (C=O) groups is 1. The topological polar surface area (TPSA) is 38.3 Å². The van der Waals surface area contributed by atoms with E-state index >= 15 is 0 Å². The second-order valence-electron chi connectivity index (χ2n) is 5.07. The van der Waals surface area contributed by atoms with E-state index in [9.17, 15) is 9.18 Å². The van der Waals surface area contributed by atoms with Crippen molar-refractivity contribution >= 4 is 22.0 Å². The van der Waals surface area contributed by atoms with E-state index < -0.39 is 11.7 Å². The number of carbonyl (C=O) groups excluding carboxylic acids is 1. The number of halogens is 2. The zero-order valence-electron chi connectivity index (χ0n) is 10.9. The summed E-state index contributed by atoms with van der Waals surface area (Å²) in [6.45, 7) is 7.13. The van der Waals surface area contributed by atoms with Gasteiger partial charge in [-0.2, -0.15) is 0 Å². The molecule has 0 aliphatic carbocycles. The van der Waals surface area contributed by atoms with Crippen LogP contribution in [0.2, 0.25) is 0 Å². The van der Waals surface area contributed by atoms with Gasteiger partial charge in [0.05, 0.1) is 6.04 Å². The largest absolute Gasteiger partial charge is 0.444 e. The van der Waals surface area contributed by atoms with E-state index in [1.54, 1.807) is 33.8 Å². The molecule has 3 nitrogen and oxygen atoms in total. The average molecular weight is 318 g/mol. The van der Waals surface area contributed by atoms with E-state index in [4.69, 9.17) is 4.74 Å². The molecule has 1 N–H and O–H groups in total. The van der Waals surface area contributed by atoms with E-state index in [-0.39, 0.29) is 11.9 Å². The number of hydrogen-bond acceptors (Lipinski definition) is 2. The average Bonchev–Trinajstić information content (AvgIpc) is 2.12. The Bertz CT molecular complexity index is 423. The molecule has 0 bridgehead atoms. The van der Waals surface area contributed by atoms with Crippen molar-refractivity contribution in [3.8, 4) is 0 Å². The third kappa shape index (κ3) is 5.04. The first-order valence-corrected chi connectivity index (χ1v) is 6.42. The first-order valence-electron chi connectivity index (χ1n) is 5.63. The molecule has 0 fully saturated rings. The minimum Gasteiger partial charge on any atom is -0.444 e. The molecule has 1 rings (SSSR count). The van der Waals surface area contributed by atoms with Crippen LogP contribution in [0.5, 0.6) is 0 Å². The third-order valence-electron chi connectivity index (χ3n) is 2.12. The second kappa shape index (κ2) is 5.69. The summed E-state index contributed by atoms with van der Waals surface area (Å²) < 4.78 is 19.0. The second-order valence-corrected chi connectivity index (χ2v) is 5.99. The summed E-state index contributed by atoms with van der Waals surface area (Å²) in [7, 11) is 0. The van der Waals surface area contributed by atoms with Crippen LogP contribution in [0.25, 0.3) is 0 Å². The molecule has 100 valence electrons. The predicted octanol–water partition coefficient (Wildman–Crippen LogP) is 4.17. The van der Waals surface area contributed by atoms with Gasteiger partial charge >= 0.3 is 6.09 Å². The highest BCUT2D eigenvalue weighted by molar-refractivity contribution is 9.10. The highest BCUT2D eigenvalue weighted by atomic mass is 79.9. The molecular formula is C13H17BrFNO2. The lowest BCUT2D eigenvalue weighted by molar-refractivity contribution is 0.0508. The zero-order valence-corrected chi connectivity index (χ0v) is 12.5. The SMILES string of the molecule is C[C@@H](NC(=O)OC(C)(C)C)c1cc(F)cc(Br)c1. The van der Waals surface area contributed by atoms with Crippen molar-refractivity contribution in [3.63, 3.8) is 0 Å². The van der Waals surface area contributed by atoms with Gasteiger partial charge < -0.3 is 10.1 Å². The number of hydrogen-bond donors (Lipinski definition) is 1. The summed E-state index contributed by atoms with van der Waals surface area (Å²) in [6.07, 6.45) is -0.518. The van der Waals surface area contributed by atoms with Crippen molar-refractivity contribution in [2.45, 2.75) is 39.3 Å². The van der Waals surface area contributed by atoms with Crippen molar-refractivity contribution in [1.29, 1.82) is 0 Å². The van der Waals surface area contributed by atoms with Crippen LogP contribution in [0.3, 0.4) is 0 Å². The van der Waals surface area contributed by atoms with Crippen LogP contribution >= 0.6 is 15.9 Å². The Morgan fingerprint density at radius 2 is 2.00 bits per heavy atom. The van der Waals surface area contributed by atoms with Gasteiger partial charge in [0.25, 0.3) is 0 Å². The van der Waals surface area contributed by atoms with Crippen molar-refractivity contribution in [3.05, 3.63) is 34.1 Å². The lowest BCUT2D eigenvalue weighted by Crippen LogP contribution is -2.34. The molecule has 0 aromatic heterocycles. The molecule has 0 aliphatic heterocycles. The standard InChI is InChI=1S/C13H17BrFNO2/c1-8(16-12(17)18-13(2,3)4)9-5-10(14)7-11(15)6-9/h5-8H,1-4H3,(H,16,17)/t8-/m1/s1. The van der Waals surface area contributed by atoms with Crippen LogP contribution < -0.4 is 5.32 Å². The van der Waals surface area contributed by atoms with Gasteiger partial charge in [0, 0.05) is 4.47 Å². The van der Waals surface area contributed by atoms with Gasteiger partial charge in [-0.1, -0.05) is 15.9 Å². The summed E-state index contributed by atoms with van der Waals surface area (Å²) in [6, 6.07) is 4.17. The molecule has 1 amide bonds. The molecular weight excluding hydrogens is 301 g/mol. The normalized spacial score (nSPS) is 13.0.